The number of benzene rings is 2. The number of fused-ring (bicyclic) bond motifs is 1. The van der Waals surface area contributed by atoms with Crippen LogP contribution in [-0.2, 0) is 0 Å². The van der Waals surface area contributed by atoms with Gasteiger partial charge in [-0.25, -0.2) is 4.39 Å². The standard InChI is InChI=1S/C12H6F/c1-2-10-11-6-4-3-5-9(11)7-8-12(10)13/h1,3-5,7-8H. The zero-order valence-corrected chi connectivity index (χ0v) is 6.84. The Morgan fingerprint density at radius 3 is 2.92 bits per heavy atom. The molecule has 0 amide bonds. The Kier molecular flexibility index (Phi) is 1.75. The molecule has 0 saturated carbocycles. The normalized spacial score (nSPS) is 9.85. The molecule has 0 saturated heterocycles. The Bertz CT molecular complexity index is 492. The van der Waals surface area contributed by atoms with Gasteiger partial charge in [-0.05, 0) is 17.5 Å². The predicted molar refractivity (Wildman–Crippen MR) is 50.7 cm³/mol. The lowest BCUT2D eigenvalue weighted by molar-refractivity contribution is 0.626. The van der Waals surface area contributed by atoms with Crippen LogP contribution >= 0.6 is 0 Å². The van der Waals surface area contributed by atoms with Crippen molar-refractivity contribution >= 4 is 10.8 Å². The molecule has 0 unspecified atom stereocenters. The molecular weight excluding hydrogens is 163 g/mol. The van der Waals surface area contributed by atoms with Gasteiger partial charge >= 0.3 is 0 Å². The third-order valence-electron chi connectivity index (χ3n) is 1.93. The van der Waals surface area contributed by atoms with Gasteiger partial charge in [0.05, 0.1) is 5.56 Å². The van der Waals surface area contributed by atoms with Gasteiger partial charge in [0.25, 0.3) is 0 Å². The maximum absolute atomic E-state index is 13.2. The summed E-state index contributed by atoms with van der Waals surface area (Å²) >= 11 is 0. The van der Waals surface area contributed by atoms with Gasteiger partial charge in [0.15, 0.2) is 0 Å². The van der Waals surface area contributed by atoms with Crippen molar-refractivity contribution in [3.63, 3.8) is 0 Å². The molecule has 0 atom stereocenters. The van der Waals surface area contributed by atoms with E-state index in [2.05, 4.69) is 12.0 Å². The topological polar surface area (TPSA) is 0 Å². The Balaban J connectivity index is 2.94. The van der Waals surface area contributed by atoms with Gasteiger partial charge in [0.1, 0.15) is 5.82 Å². The first kappa shape index (κ1) is 7.82. The van der Waals surface area contributed by atoms with E-state index in [0.29, 0.717) is 5.39 Å². The molecule has 1 heteroatoms. The summed E-state index contributed by atoms with van der Waals surface area (Å²) in [6.07, 6.45) is 5.21. The van der Waals surface area contributed by atoms with Crippen LogP contribution in [0.25, 0.3) is 10.8 Å². The maximum atomic E-state index is 13.2. The monoisotopic (exact) mass is 169 g/mol. The number of halogens is 1. The van der Waals surface area contributed by atoms with Gasteiger partial charge in [-0.15, -0.1) is 6.42 Å². The highest BCUT2D eigenvalue weighted by atomic mass is 19.1. The Labute approximate surface area is 76.0 Å². The van der Waals surface area contributed by atoms with E-state index in [-0.39, 0.29) is 11.4 Å². The molecule has 2 aromatic rings. The Hall–Kier alpha value is -1.81. The van der Waals surface area contributed by atoms with Crippen LogP contribution in [0.2, 0.25) is 0 Å². The summed E-state index contributed by atoms with van der Waals surface area (Å²) in [5, 5.41) is 1.59. The van der Waals surface area contributed by atoms with Gasteiger partial charge in [0, 0.05) is 5.39 Å². The minimum atomic E-state index is -0.363. The largest absolute Gasteiger partial charge is 0.206 e. The zero-order valence-electron chi connectivity index (χ0n) is 6.84. The summed E-state index contributed by atoms with van der Waals surface area (Å²) < 4.78 is 13.2. The zero-order chi connectivity index (χ0) is 9.26. The SMILES string of the molecule is C#Cc1c(F)ccc2ccc[c]c12. The quantitative estimate of drug-likeness (QED) is 0.532. The molecule has 0 aromatic heterocycles. The van der Waals surface area contributed by atoms with Crippen LogP contribution in [-0.4, -0.2) is 0 Å². The molecule has 0 aliphatic carbocycles. The highest BCUT2D eigenvalue weighted by Crippen LogP contribution is 2.19. The minimum absolute atomic E-state index is 0.290. The van der Waals surface area contributed by atoms with E-state index in [1.165, 1.54) is 6.07 Å². The van der Waals surface area contributed by atoms with Gasteiger partial charge in [-0.3, -0.25) is 0 Å². The first-order chi connectivity index (χ1) is 6.33. The fourth-order valence-electron chi connectivity index (χ4n) is 1.31. The van der Waals surface area contributed by atoms with Crippen molar-refractivity contribution in [1.82, 2.24) is 0 Å². The molecule has 0 fully saturated rings. The number of hydrogen-bond acceptors (Lipinski definition) is 0. The Morgan fingerprint density at radius 1 is 1.31 bits per heavy atom. The minimum Gasteiger partial charge on any atom is -0.206 e. The molecule has 0 heterocycles. The number of terminal acetylenes is 1. The summed E-state index contributed by atoms with van der Waals surface area (Å²) in [6, 6.07) is 11.5. The summed E-state index contributed by atoms with van der Waals surface area (Å²) in [5.41, 5.74) is 0.290. The fourth-order valence-corrected chi connectivity index (χ4v) is 1.31. The molecule has 61 valence electrons. The van der Waals surface area contributed by atoms with E-state index in [4.69, 9.17) is 6.42 Å². The van der Waals surface area contributed by atoms with Crippen LogP contribution in [0.4, 0.5) is 4.39 Å². The number of rotatable bonds is 0. The summed E-state index contributed by atoms with van der Waals surface area (Å²) in [7, 11) is 0. The second-order valence-electron chi connectivity index (χ2n) is 2.70. The lowest BCUT2D eigenvalue weighted by Crippen LogP contribution is -1.85. The molecular formula is C12H6F. The van der Waals surface area contributed by atoms with Crippen LogP contribution in [0.3, 0.4) is 0 Å². The molecule has 0 spiro atoms. The molecule has 0 bridgehead atoms. The van der Waals surface area contributed by atoms with Crippen molar-refractivity contribution in [2.24, 2.45) is 0 Å². The fraction of sp³-hybridized carbons (Fsp3) is 0. The Morgan fingerprint density at radius 2 is 2.15 bits per heavy atom. The van der Waals surface area contributed by atoms with Crippen molar-refractivity contribution in [2.45, 2.75) is 0 Å². The second kappa shape index (κ2) is 2.91. The van der Waals surface area contributed by atoms with Crippen LogP contribution in [0.5, 0.6) is 0 Å². The van der Waals surface area contributed by atoms with E-state index in [9.17, 15) is 4.39 Å². The molecule has 0 aliphatic rings. The van der Waals surface area contributed by atoms with E-state index in [1.54, 1.807) is 12.1 Å². The highest BCUT2D eigenvalue weighted by molar-refractivity contribution is 5.87. The second-order valence-corrected chi connectivity index (χ2v) is 2.70. The van der Waals surface area contributed by atoms with Gasteiger partial charge in [0.2, 0.25) is 0 Å². The third-order valence-corrected chi connectivity index (χ3v) is 1.93. The first-order valence-corrected chi connectivity index (χ1v) is 3.88. The van der Waals surface area contributed by atoms with E-state index in [1.807, 2.05) is 12.1 Å². The summed E-state index contributed by atoms with van der Waals surface area (Å²) in [5.74, 6) is 1.97. The molecule has 0 N–H and O–H groups in total. The third kappa shape index (κ3) is 1.17. The van der Waals surface area contributed by atoms with Crippen LogP contribution in [0.15, 0.2) is 30.3 Å². The average molecular weight is 169 g/mol. The predicted octanol–water partition coefficient (Wildman–Crippen LogP) is 2.76. The van der Waals surface area contributed by atoms with E-state index >= 15 is 0 Å². The molecule has 1 radical (unpaired) electrons. The van der Waals surface area contributed by atoms with Crippen LogP contribution < -0.4 is 0 Å². The average Bonchev–Trinajstić information content (AvgIpc) is 2.18. The summed E-state index contributed by atoms with van der Waals surface area (Å²) in [6.45, 7) is 0. The van der Waals surface area contributed by atoms with E-state index in [0.717, 1.165) is 5.39 Å². The maximum Gasteiger partial charge on any atom is 0.139 e. The van der Waals surface area contributed by atoms with Gasteiger partial charge < -0.3 is 0 Å². The molecule has 13 heavy (non-hydrogen) atoms. The van der Waals surface area contributed by atoms with Crippen molar-refractivity contribution < 1.29 is 4.39 Å². The highest BCUT2D eigenvalue weighted by Gasteiger charge is 2.03. The lowest BCUT2D eigenvalue weighted by atomic mass is 10.0. The van der Waals surface area contributed by atoms with E-state index < -0.39 is 0 Å². The van der Waals surface area contributed by atoms with Crippen LogP contribution in [0, 0.1) is 24.2 Å². The molecule has 2 rings (SSSR count). The van der Waals surface area contributed by atoms with Crippen molar-refractivity contribution in [2.75, 3.05) is 0 Å². The van der Waals surface area contributed by atoms with Gasteiger partial charge in [-0.1, -0.05) is 30.2 Å². The lowest BCUT2D eigenvalue weighted by Gasteiger charge is -2.00. The smallest absolute Gasteiger partial charge is 0.139 e. The van der Waals surface area contributed by atoms with Crippen LogP contribution in [0.1, 0.15) is 5.56 Å². The number of hydrogen-bond donors (Lipinski definition) is 0. The van der Waals surface area contributed by atoms with Crippen molar-refractivity contribution in [3.05, 3.63) is 47.8 Å². The first-order valence-electron chi connectivity index (χ1n) is 3.88. The molecule has 0 aliphatic heterocycles. The molecule has 2 aromatic carbocycles. The van der Waals surface area contributed by atoms with Crippen molar-refractivity contribution in [3.8, 4) is 12.3 Å². The summed E-state index contributed by atoms with van der Waals surface area (Å²) in [4.78, 5) is 0. The van der Waals surface area contributed by atoms with Gasteiger partial charge in [-0.2, -0.15) is 0 Å². The van der Waals surface area contributed by atoms with Crippen molar-refractivity contribution in [1.29, 1.82) is 0 Å². The molecule has 0 nitrogen and oxygen atoms in total.